The molecule has 0 spiro atoms. The highest BCUT2D eigenvalue weighted by Gasteiger charge is 2.07. The van der Waals surface area contributed by atoms with Crippen LogP contribution in [0.15, 0.2) is 24.3 Å². The molecule has 1 aromatic carbocycles. The van der Waals surface area contributed by atoms with Crippen molar-refractivity contribution >= 4 is 11.9 Å². The number of rotatable bonds is 9. The molecule has 0 bridgehead atoms. The first-order chi connectivity index (χ1) is 10.2. The molecule has 0 heterocycles. The van der Waals surface area contributed by atoms with Gasteiger partial charge in [-0.15, -0.1) is 0 Å². The molecule has 0 aliphatic rings. The Bertz CT molecular complexity index is 437. The third-order valence-electron chi connectivity index (χ3n) is 3.24. The van der Waals surface area contributed by atoms with E-state index in [2.05, 4.69) is 11.7 Å². The minimum Gasteiger partial charge on any atom is -0.465 e. The topological polar surface area (TPSA) is 52.6 Å². The van der Waals surface area contributed by atoms with E-state index >= 15 is 0 Å². The summed E-state index contributed by atoms with van der Waals surface area (Å²) in [5, 5.41) is 0. The average Bonchev–Trinajstić information content (AvgIpc) is 2.50. The van der Waals surface area contributed by atoms with Crippen LogP contribution >= 0.6 is 0 Å². The van der Waals surface area contributed by atoms with Crippen LogP contribution in [0, 0.1) is 0 Å². The number of ether oxygens (including phenoxy) is 2. The van der Waals surface area contributed by atoms with Crippen molar-refractivity contribution in [2.24, 2.45) is 0 Å². The summed E-state index contributed by atoms with van der Waals surface area (Å²) < 4.78 is 9.82. The summed E-state index contributed by atoms with van der Waals surface area (Å²) in [5.41, 5.74) is 0.438. The number of unbranched alkanes of at least 4 members (excludes halogenated alkanes) is 5. The van der Waals surface area contributed by atoms with Crippen LogP contribution < -0.4 is 4.74 Å². The van der Waals surface area contributed by atoms with Crippen molar-refractivity contribution < 1.29 is 19.1 Å². The maximum Gasteiger partial charge on any atom is 0.337 e. The lowest BCUT2D eigenvalue weighted by Gasteiger charge is -2.05. The van der Waals surface area contributed by atoms with Crippen LogP contribution in [0.2, 0.25) is 0 Å². The lowest BCUT2D eigenvalue weighted by atomic mass is 10.1. The molecule has 0 aliphatic carbocycles. The maximum atomic E-state index is 11.7. The zero-order valence-corrected chi connectivity index (χ0v) is 12.9. The molecule has 0 fully saturated rings. The predicted molar refractivity (Wildman–Crippen MR) is 81.4 cm³/mol. The van der Waals surface area contributed by atoms with Gasteiger partial charge in [0.25, 0.3) is 0 Å². The highest BCUT2D eigenvalue weighted by Crippen LogP contribution is 2.14. The molecule has 4 nitrogen and oxygen atoms in total. The minimum atomic E-state index is -0.403. The van der Waals surface area contributed by atoms with Gasteiger partial charge in [0.05, 0.1) is 12.7 Å². The molecule has 0 radical (unpaired) electrons. The van der Waals surface area contributed by atoms with Crippen LogP contribution in [0.3, 0.4) is 0 Å². The van der Waals surface area contributed by atoms with E-state index in [4.69, 9.17) is 4.74 Å². The van der Waals surface area contributed by atoms with Gasteiger partial charge in [-0.3, -0.25) is 4.79 Å². The first kappa shape index (κ1) is 17.2. The molecule has 0 N–H and O–H groups in total. The van der Waals surface area contributed by atoms with Gasteiger partial charge < -0.3 is 9.47 Å². The van der Waals surface area contributed by atoms with Crippen molar-refractivity contribution in [2.45, 2.75) is 51.9 Å². The number of methoxy groups -OCH3 is 1. The van der Waals surface area contributed by atoms with Crippen LogP contribution in [0.4, 0.5) is 0 Å². The molecule has 21 heavy (non-hydrogen) atoms. The molecule has 0 amide bonds. The zero-order chi connectivity index (χ0) is 15.5. The van der Waals surface area contributed by atoms with Crippen LogP contribution in [-0.4, -0.2) is 19.0 Å². The van der Waals surface area contributed by atoms with Gasteiger partial charge in [0.1, 0.15) is 5.75 Å². The van der Waals surface area contributed by atoms with E-state index in [1.807, 2.05) is 0 Å². The van der Waals surface area contributed by atoms with Gasteiger partial charge in [0, 0.05) is 6.42 Å². The van der Waals surface area contributed by atoms with Gasteiger partial charge >= 0.3 is 11.9 Å². The van der Waals surface area contributed by atoms with Gasteiger partial charge in [-0.1, -0.05) is 39.0 Å². The highest BCUT2D eigenvalue weighted by atomic mass is 16.5. The summed E-state index contributed by atoms with van der Waals surface area (Å²) in [7, 11) is 1.33. The molecule has 1 rings (SSSR count). The van der Waals surface area contributed by atoms with Crippen LogP contribution in [0.1, 0.15) is 62.2 Å². The van der Waals surface area contributed by atoms with Crippen molar-refractivity contribution in [1.82, 2.24) is 0 Å². The second-order valence-electron chi connectivity index (χ2n) is 5.01. The quantitative estimate of drug-likeness (QED) is 0.390. The lowest BCUT2D eigenvalue weighted by Crippen LogP contribution is -2.08. The smallest absolute Gasteiger partial charge is 0.337 e. The molecule has 0 saturated carbocycles. The van der Waals surface area contributed by atoms with Gasteiger partial charge in [-0.05, 0) is 30.7 Å². The maximum absolute atomic E-state index is 11.7. The van der Waals surface area contributed by atoms with Gasteiger partial charge in [-0.25, -0.2) is 4.79 Å². The van der Waals surface area contributed by atoms with Crippen molar-refractivity contribution in [3.8, 4) is 5.75 Å². The second kappa shape index (κ2) is 9.97. The lowest BCUT2D eigenvalue weighted by molar-refractivity contribution is -0.134. The van der Waals surface area contributed by atoms with Crippen LogP contribution in [-0.2, 0) is 9.53 Å². The number of hydrogen-bond donors (Lipinski definition) is 0. The van der Waals surface area contributed by atoms with Crippen molar-refractivity contribution in [1.29, 1.82) is 0 Å². The molecule has 0 aliphatic heterocycles. The second-order valence-corrected chi connectivity index (χ2v) is 5.01. The molecule has 0 saturated heterocycles. The third-order valence-corrected chi connectivity index (χ3v) is 3.24. The SMILES string of the molecule is CCCCCCCCC(=O)Oc1ccc(C(=O)OC)cc1. The van der Waals surface area contributed by atoms with E-state index in [1.54, 1.807) is 24.3 Å². The van der Waals surface area contributed by atoms with Crippen LogP contribution in [0.25, 0.3) is 0 Å². The molecule has 1 aromatic rings. The summed E-state index contributed by atoms with van der Waals surface area (Å²) in [6.07, 6.45) is 7.26. The van der Waals surface area contributed by atoms with E-state index in [-0.39, 0.29) is 5.97 Å². The number of esters is 2. The van der Waals surface area contributed by atoms with Gasteiger partial charge in [-0.2, -0.15) is 0 Å². The molecule has 116 valence electrons. The largest absolute Gasteiger partial charge is 0.465 e. The Morgan fingerprint density at radius 3 is 2.19 bits per heavy atom. The summed E-state index contributed by atoms with van der Waals surface area (Å²) in [6, 6.07) is 6.37. The van der Waals surface area contributed by atoms with Gasteiger partial charge in [0.15, 0.2) is 0 Å². The summed E-state index contributed by atoms with van der Waals surface area (Å²) >= 11 is 0. The number of hydrogen-bond acceptors (Lipinski definition) is 4. The summed E-state index contributed by atoms with van der Waals surface area (Å²) in [5.74, 6) is -0.171. The number of benzene rings is 1. The van der Waals surface area contributed by atoms with E-state index < -0.39 is 5.97 Å². The standard InChI is InChI=1S/C17H24O4/c1-3-4-5-6-7-8-9-16(18)21-15-12-10-14(11-13-15)17(19)20-2/h10-13H,3-9H2,1-2H3. The molecular weight excluding hydrogens is 268 g/mol. The van der Waals surface area contributed by atoms with Crippen molar-refractivity contribution in [2.75, 3.05) is 7.11 Å². The Kier molecular flexibility index (Phi) is 8.17. The van der Waals surface area contributed by atoms with E-state index in [0.717, 1.165) is 12.8 Å². The average molecular weight is 292 g/mol. The fourth-order valence-corrected chi connectivity index (χ4v) is 2.01. The first-order valence-corrected chi connectivity index (χ1v) is 7.56. The third kappa shape index (κ3) is 6.93. The molecule has 4 heteroatoms. The molecule has 0 atom stereocenters. The van der Waals surface area contributed by atoms with E-state index in [0.29, 0.717) is 17.7 Å². The number of carbonyl (C=O) groups excluding carboxylic acids is 2. The minimum absolute atomic E-state index is 0.226. The fraction of sp³-hybridized carbons (Fsp3) is 0.529. The highest BCUT2D eigenvalue weighted by molar-refractivity contribution is 5.89. The van der Waals surface area contributed by atoms with Crippen molar-refractivity contribution in [3.05, 3.63) is 29.8 Å². The fourth-order valence-electron chi connectivity index (χ4n) is 2.01. The Morgan fingerprint density at radius 1 is 0.952 bits per heavy atom. The summed E-state index contributed by atoms with van der Waals surface area (Å²) in [6.45, 7) is 2.18. The zero-order valence-electron chi connectivity index (χ0n) is 12.9. The predicted octanol–water partition coefficient (Wildman–Crippen LogP) is 4.13. The van der Waals surface area contributed by atoms with E-state index in [9.17, 15) is 9.59 Å². The Hall–Kier alpha value is -1.84. The Labute approximate surface area is 126 Å². The molecule has 0 aromatic heterocycles. The molecule has 0 unspecified atom stereocenters. The van der Waals surface area contributed by atoms with Gasteiger partial charge in [0.2, 0.25) is 0 Å². The van der Waals surface area contributed by atoms with Crippen LogP contribution in [0.5, 0.6) is 5.75 Å². The Balaban J connectivity index is 2.26. The Morgan fingerprint density at radius 2 is 1.57 bits per heavy atom. The molecular formula is C17H24O4. The normalized spacial score (nSPS) is 10.2. The van der Waals surface area contributed by atoms with Crippen molar-refractivity contribution in [3.63, 3.8) is 0 Å². The van der Waals surface area contributed by atoms with E-state index in [1.165, 1.54) is 32.8 Å². The monoisotopic (exact) mass is 292 g/mol. The first-order valence-electron chi connectivity index (χ1n) is 7.56. The summed E-state index contributed by atoms with van der Waals surface area (Å²) in [4.78, 5) is 22.9. The number of carbonyl (C=O) groups is 2.